The molecular formula is C13H18N2O2. The lowest BCUT2D eigenvalue weighted by Crippen LogP contribution is -2.26. The molecule has 1 aromatic carbocycles. The van der Waals surface area contributed by atoms with Gasteiger partial charge in [0.2, 0.25) is 0 Å². The maximum absolute atomic E-state index is 11.9. The van der Waals surface area contributed by atoms with Crippen LogP contribution < -0.4 is 15.8 Å². The number of nitrogens with one attached hydrogen (secondary N) is 1. The molecule has 0 aromatic heterocycles. The number of rotatable bonds is 4. The van der Waals surface area contributed by atoms with Gasteiger partial charge in [-0.25, -0.2) is 0 Å². The summed E-state index contributed by atoms with van der Waals surface area (Å²) in [7, 11) is 0. The van der Waals surface area contributed by atoms with Crippen molar-refractivity contribution in [1.82, 2.24) is 5.32 Å². The third-order valence-corrected chi connectivity index (χ3v) is 2.93. The summed E-state index contributed by atoms with van der Waals surface area (Å²) < 4.78 is 5.36. The molecule has 1 fully saturated rings. The normalized spacial score (nSPS) is 22.0. The van der Waals surface area contributed by atoms with Crippen molar-refractivity contribution < 1.29 is 9.53 Å². The lowest BCUT2D eigenvalue weighted by Gasteiger charge is -2.08. The lowest BCUT2D eigenvalue weighted by atomic mass is 10.1. The highest BCUT2D eigenvalue weighted by atomic mass is 16.5. The van der Waals surface area contributed by atoms with Crippen LogP contribution in [0.1, 0.15) is 30.6 Å². The molecule has 0 radical (unpaired) electrons. The zero-order valence-electron chi connectivity index (χ0n) is 10.2. The summed E-state index contributed by atoms with van der Waals surface area (Å²) in [4.78, 5) is 11.9. The van der Waals surface area contributed by atoms with E-state index in [0.29, 0.717) is 35.6 Å². The average Bonchev–Trinajstić information content (AvgIpc) is 2.93. The fourth-order valence-corrected chi connectivity index (χ4v) is 1.78. The molecule has 1 aromatic rings. The number of ether oxygens (including phenoxy) is 1. The summed E-state index contributed by atoms with van der Waals surface area (Å²) in [6.07, 6.45) is 1.06. The summed E-state index contributed by atoms with van der Waals surface area (Å²) in [5.41, 5.74) is 6.85. The number of nitrogens with two attached hydrogens (primary N) is 1. The zero-order chi connectivity index (χ0) is 12.4. The van der Waals surface area contributed by atoms with E-state index in [0.717, 1.165) is 6.42 Å². The van der Waals surface area contributed by atoms with E-state index < -0.39 is 0 Å². The topological polar surface area (TPSA) is 64.3 Å². The number of anilines is 1. The van der Waals surface area contributed by atoms with Gasteiger partial charge in [0, 0.05) is 23.4 Å². The van der Waals surface area contributed by atoms with Gasteiger partial charge in [0.05, 0.1) is 6.61 Å². The van der Waals surface area contributed by atoms with Crippen molar-refractivity contribution in [3.8, 4) is 5.75 Å². The molecule has 3 N–H and O–H groups in total. The van der Waals surface area contributed by atoms with Crippen molar-refractivity contribution in [2.75, 3.05) is 12.3 Å². The fraction of sp³-hybridized carbons (Fsp3) is 0.462. The third kappa shape index (κ3) is 2.90. The molecule has 2 rings (SSSR count). The maximum Gasteiger partial charge on any atom is 0.251 e. The van der Waals surface area contributed by atoms with E-state index in [9.17, 15) is 4.79 Å². The number of hydrogen-bond donors (Lipinski definition) is 2. The Morgan fingerprint density at radius 2 is 2.24 bits per heavy atom. The minimum Gasteiger partial charge on any atom is -0.494 e. The summed E-state index contributed by atoms with van der Waals surface area (Å²) in [6.45, 7) is 4.58. The molecule has 0 aliphatic heterocycles. The van der Waals surface area contributed by atoms with Crippen LogP contribution in [0.25, 0.3) is 0 Å². The fourth-order valence-electron chi connectivity index (χ4n) is 1.78. The predicted octanol–water partition coefficient (Wildman–Crippen LogP) is 1.81. The predicted molar refractivity (Wildman–Crippen MR) is 67.1 cm³/mol. The number of carbonyl (C=O) groups is 1. The molecule has 2 unspecified atom stereocenters. The SMILES string of the molecule is CCOc1cc(N)cc(C(=O)NC2CC2C)c1. The van der Waals surface area contributed by atoms with Crippen LogP contribution in [-0.2, 0) is 0 Å². The first-order chi connectivity index (χ1) is 8.10. The van der Waals surface area contributed by atoms with Gasteiger partial charge in [-0.1, -0.05) is 6.92 Å². The highest BCUT2D eigenvalue weighted by Gasteiger charge is 2.34. The second-order valence-corrected chi connectivity index (χ2v) is 4.52. The molecule has 92 valence electrons. The molecule has 1 aliphatic carbocycles. The Hall–Kier alpha value is -1.71. The molecule has 0 bridgehead atoms. The van der Waals surface area contributed by atoms with Gasteiger partial charge >= 0.3 is 0 Å². The van der Waals surface area contributed by atoms with Crippen LogP contribution in [0.2, 0.25) is 0 Å². The van der Waals surface area contributed by atoms with Crippen molar-refractivity contribution in [2.24, 2.45) is 5.92 Å². The molecule has 0 saturated heterocycles. The largest absolute Gasteiger partial charge is 0.494 e. The second kappa shape index (κ2) is 4.65. The highest BCUT2D eigenvalue weighted by Crippen LogP contribution is 2.29. The molecule has 1 saturated carbocycles. The smallest absolute Gasteiger partial charge is 0.251 e. The zero-order valence-corrected chi connectivity index (χ0v) is 10.2. The number of amides is 1. The molecule has 2 atom stereocenters. The van der Waals surface area contributed by atoms with E-state index in [4.69, 9.17) is 10.5 Å². The molecule has 0 spiro atoms. The Morgan fingerprint density at radius 3 is 2.82 bits per heavy atom. The maximum atomic E-state index is 11.9. The summed E-state index contributed by atoms with van der Waals surface area (Å²) >= 11 is 0. The quantitative estimate of drug-likeness (QED) is 0.781. The molecule has 4 heteroatoms. The van der Waals surface area contributed by atoms with Crippen molar-refractivity contribution in [1.29, 1.82) is 0 Å². The van der Waals surface area contributed by atoms with E-state index in [1.165, 1.54) is 0 Å². The standard InChI is InChI=1S/C13H18N2O2/c1-3-17-11-6-9(5-10(14)7-11)13(16)15-12-4-8(12)2/h5-8,12H,3-4,14H2,1-2H3,(H,15,16). The Kier molecular flexibility index (Phi) is 3.22. The van der Waals surface area contributed by atoms with Gasteiger partial charge in [-0.2, -0.15) is 0 Å². The number of nitrogen functional groups attached to an aromatic ring is 1. The Morgan fingerprint density at radius 1 is 1.53 bits per heavy atom. The van der Waals surface area contributed by atoms with Gasteiger partial charge in [0.1, 0.15) is 5.75 Å². The van der Waals surface area contributed by atoms with E-state index in [2.05, 4.69) is 12.2 Å². The van der Waals surface area contributed by atoms with Gasteiger partial charge in [-0.05, 0) is 31.4 Å². The molecule has 4 nitrogen and oxygen atoms in total. The first-order valence-corrected chi connectivity index (χ1v) is 5.94. The summed E-state index contributed by atoms with van der Waals surface area (Å²) in [5.74, 6) is 1.15. The Labute approximate surface area is 101 Å². The molecule has 1 aliphatic rings. The van der Waals surface area contributed by atoms with E-state index >= 15 is 0 Å². The third-order valence-electron chi connectivity index (χ3n) is 2.93. The average molecular weight is 234 g/mol. The van der Waals surface area contributed by atoms with Crippen molar-refractivity contribution in [3.05, 3.63) is 23.8 Å². The van der Waals surface area contributed by atoms with Crippen LogP contribution in [0.15, 0.2) is 18.2 Å². The minimum atomic E-state index is -0.0763. The van der Waals surface area contributed by atoms with Gasteiger partial charge in [0.15, 0.2) is 0 Å². The van der Waals surface area contributed by atoms with E-state index in [-0.39, 0.29) is 5.91 Å². The van der Waals surface area contributed by atoms with Crippen LogP contribution in [-0.4, -0.2) is 18.6 Å². The Bertz CT molecular complexity index is 431. The molecule has 17 heavy (non-hydrogen) atoms. The summed E-state index contributed by atoms with van der Waals surface area (Å²) in [6, 6.07) is 5.44. The number of carbonyl (C=O) groups excluding carboxylic acids is 1. The van der Waals surface area contributed by atoms with Gasteiger partial charge < -0.3 is 15.8 Å². The van der Waals surface area contributed by atoms with Crippen LogP contribution in [0, 0.1) is 5.92 Å². The van der Waals surface area contributed by atoms with Crippen LogP contribution in [0.3, 0.4) is 0 Å². The van der Waals surface area contributed by atoms with Crippen LogP contribution in [0.5, 0.6) is 5.75 Å². The van der Waals surface area contributed by atoms with Gasteiger partial charge in [0.25, 0.3) is 5.91 Å². The Balaban J connectivity index is 2.10. The van der Waals surface area contributed by atoms with Crippen molar-refractivity contribution in [2.45, 2.75) is 26.3 Å². The van der Waals surface area contributed by atoms with Gasteiger partial charge in [-0.3, -0.25) is 4.79 Å². The first kappa shape index (κ1) is 11.8. The van der Waals surface area contributed by atoms with Gasteiger partial charge in [-0.15, -0.1) is 0 Å². The number of hydrogen-bond acceptors (Lipinski definition) is 3. The van der Waals surface area contributed by atoms with Crippen molar-refractivity contribution in [3.63, 3.8) is 0 Å². The monoisotopic (exact) mass is 234 g/mol. The highest BCUT2D eigenvalue weighted by molar-refractivity contribution is 5.95. The van der Waals surface area contributed by atoms with Crippen molar-refractivity contribution >= 4 is 11.6 Å². The minimum absolute atomic E-state index is 0.0763. The van der Waals surface area contributed by atoms with Crippen LogP contribution >= 0.6 is 0 Å². The first-order valence-electron chi connectivity index (χ1n) is 5.94. The molecule has 0 heterocycles. The van der Waals surface area contributed by atoms with E-state index in [1.807, 2.05) is 6.92 Å². The molecular weight excluding hydrogens is 216 g/mol. The number of benzene rings is 1. The molecule has 1 amide bonds. The second-order valence-electron chi connectivity index (χ2n) is 4.52. The van der Waals surface area contributed by atoms with E-state index in [1.54, 1.807) is 18.2 Å². The summed E-state index contributed by atoms with van der Waals surface area (Å²) in [5, 5.41) is 2.97. The van der Waals surface area contributed by atoms with Crippen LogP contribution in [0.4, 0.5) is 5.69 Å². The lowest BCUT2D eigenvalue weighted by molar-refractivity contribution is 0.0949.